The van der Waals surface area contributed by atoms with Gasteiger partial charge >= 0.3 is 5.97 Å². The predicted octanol–water partition coefficient (Wildman–Crippen LogP) is 6.41. The number of para-hydroxylation sites is 2. The average molecular weight is 577 g/mol. The van der Waals surface area contributed by atoms with E-state index in [4.69, 9.17) is 9.47 Å². The van der Waals surface area contributed by atoms with E-state index < -0.39 is 12.0 Å². The standard InChI is InChI=1S/C36H36N2O5/c1-4-34(39)38(33-18-11-8-13-26(33)2)23-12-24-43-29-21-19-27(20-22-29)25-32(36(41)42-3)37-31-17-10-9-16-30(31)35(40)28-14-6-5-7-15-28/h4-11,13-22,32,37H,1,12,23-25H2,2-3H3/t32-/m0/s1. The summed E-state index contributed by atoms with van der Waals surface area (Å²) in [5.74, 6) is -0.0404. The molecule has 0 spiro atoms. The zero-order valence-electron chi connectivity index (χ0n) is 24.5. The van der Waals surface area contributed by atoms with E-state index in [-0.39, 0.29) is 11.7 Å². The number of ether oxygens (including phenoxy) is 2. The van der Waals surface area contributed by atoms with Gasteiger partial charge < -0.3 is 19.7 Å². The molecule has 0 bridgehead atoms. The number of ketones is 1. The number of hydrogen-bond acceptors (Lipinski definition) is 6. The van der Waals surface area contributed by atoms with E-state index in [0.717, 1.165) is 16.8 Å². The second kappa shape index (κ2) is 15.2. The number of anilines is 2. The first-order valence-corrected chi connectivity index (χ1v) is 14.2. The van der Waals surface area contributed by atoms with Crippen LogP contribution in [0.2, 0.25) is 0 Å². The molecule has 0 heterocycles. The molecule has 4 rings (SSSR count). The topological polar surface area (TPSA) is 84.9 Å². The Balaban J connectivity index is 1.37. The number of methoxy groups -OCH3 is 1. The quantitative estimate of drug-likeness (QED) is 0.0808. The molecule has 0 aliphatic carbocycles. The summed E-state index contributed by atoms with van der Waals surface area (Å²) in [5, 5.41) is 3.23. The summed E-state index contributed by atoms with van der Waals surface area (Å²) in [6.07, 6.45) is 2.29. The van der Waals surface area contributed by atoms with Crippen LogP contribution in [0.15, 0.2) is 116 Å². The first-order valence-electron chi connectivity index (χ1n) is 14.2. The molecule has 0 aliphatic heterocycles. The molecular weight excluding hydrogens is 540 g/mol. The van der Waals surface area contributed by atoms with Gasteiger partial charge in [0.05, 0.1) is 13.7 Å². The van der Waals surface area contributed by atoms with Gasteiger partial charge in [-0.2, -0.15) is 0 Å². The van der Waals surface area contributed by atoms with Gasteiger partial charge in [-0.15, -0.1) is 0 Å². The number of carbonyl (C=O) groups excluding carboxylic acids is 3. The first kappa shape index (κ1) is 30.8. The highest BCUT2D eigenvalue weighted by molar-refractivity contribution is 6.12. The van der Waals surface area contributed by atoms with Crippen LogP contribution in [0.5, 0.6) is 5.75 Å². The number of nitrogens with one attached hydrogen (secondary N) is 1. The monoisotopic (exact) mass is 576 g/mol. The third kappa shape index (κ3) is 8.20. The Morgan fingerprint density at radius 2 is 1.56 bits per heavy atom. The minimum Gasteiger partial charge on any atom is -0.494 e. The highest BCUT2D eigenvalue weighted by Gasteiger charge is 2.23. The molecule has 7 heteroatoms. The smallest absolute Gasteiger partial charge is 0.328 e. The van der Waals surface area contributed by atoms with Crippen LogP contribution in [-0.2, 0) is 20.7 Å². The number of amides is 1. The fourth-order valence-electron chi connectivity index (χ4n) is 4.77. The fraction of sp³-hybridized carbons (Fsp3) is 0.194. The van der Waals surface area contributed by atoms with E-state index in [2.05, 4.69) is 11.9 Å². The van der Waals surface area contributed by atoms with Crippen LogP contribution in [0.1, 0.15) is 33.5 Å². The number of hydrogen-bond donors (Lipinski definition) is 1. The van der Waals surface area contributed by atoms with Crippen molar-refractivity contribution in [3.63, 3.8) is 0 Å². The van der Waals surface area contributed by atoms with Crippen molar-refractivity contribution in [1.82, 2.24) is 0 Å². The number of benzene rings is 4. The van der Waals surface area contributed by atoms with Crippen LogP contribution in [0.4, 0.5) is 11.4 Å². The number of aryl methyl sites for hydroxylation is 1. The molecule has 0 fully saturated rings. The lowest BCUT2D eigenvalue weighted by molar-refractivity contribution is -0.141. The number of carbonyl (C=O) groups is 3. The lowest BCUT2D eigenvalue weighted by Gasteiger charge is -2.23. The van der Waals surface area contributed by atoms with Crippen LogP contribution >= 0.6 is 0 Å². The number of nitrogens with zero attached hydrogens (tertiary/aromatic N) is 1. The van der Waals surface area contributed by atoms with Crippen molar-refractivity contribution in [2.24, 2.45) is 0 Å². The third-order valence-corrected chi connectivity index (χ3v) is 7.03. The first-order chi connectivity index (χ1) is 20.9. The Bertz CT molecular complexity index is 1550. The molecule has 220 valence electrons. The molecule has 0 aliphatic rings. The second-order valence-electron chi connectivity index (χ2n) is 9.99. The van der Waals surface area contributed by atoms with Crippen molar-refractivity contribution in [3.05, 3.63) is 138 Å². The zero-order valence-corrected chi connectivity index (χ0v) is 24.5. The summed E-state index contributed by atoms with van der Waals surface area (Å²) >= 11 is 0. The fourth-order valence-corrected chi connectivity index (χ4v) is 4.77. The molecular formula is C36H36N2O5. The van der Waals surface area contributed by atoms with Crippen molar-refractivity contribution in [2.45, 2.75) is 25.8 Å². The number of rotatable bonds is 14. The summed E-state index contributed by atoms with van der Waals surface area (Å²) in [6.45, 7) is 6.52. The summed E-state index contributed by atoms with van der Waals surface area (Å²) in [6, 6.07) is 30.7. The minimum atomic E-state index is -0.712. The van der Waals surface area contributed by atoms with E-state index in [0.29, 0.717) is 48.6 Å². The largest absolute Gasteiger partial charge is 0.494 e. The van der Waals surface area contributed by atoms with E-state index in [9.17, 15) is 14.4 Å². The highest BCUT2D eigenvalue weighted by atomic mass is 16.5. The maximum absolute atomic E-state index is 13.2. The lowest BCUT2D eigenvalue weighted by Crippen LogP contribution is -2.33. The second-order valence-corrected chi connectivity index (χ2v) is 9.99. The Morgan fingerprint density at radius 1 is 0.884 bits per heavy atom. The molecule has 0 saturated carbocycles. The van der Waals surface area contributed by atoms with Gasteiger partial charge in [0, 0.05) is 35.5 Å². The Kier molecular flexibility index (Phi) is 10.9. The summed E-state index contributed by atoms with van der Waals surface area (Å²) in [4.78, 5) is 40.1. The van der Waals surface area contributed by atoms with Crippen molar-refractivity contribution < 1.29 is 23.9 Å². The van der Waals surface area contributed by atoms with Crippen LogP contribution in [0.25, 0.3) is 0 Å². The molecule has 0 radical (unpaired) electrons. The molecule has 7 nitrogen and oxygen atoms in total. The average Bonchev–Trinajstić information content (AvgIpc) is 3.05. The molecule has 43 heavy (non-hydrogen) atoms. The van der Waals surface area contributed by atoms with Gasteiger partial charge in [0.1, 0.15) is 11.8 Å². The SMILES string of the molecule is C=CC(=O)N(CCCOc1ccc(C[C@H](Nc2ccccc2C(=O)c2ccccc2)C(=O)OC)cc1)c1ccccc1C. The van der Waals surface area contributed by atoms with Crippen molar-refractivity contribution in [1.29, 1.82) is 0 Å². The van der Waals surface area contributed by atoms with Crippen LogP contribution in [-0.4, -0.2) is 44.0 Å². The van der Waals surface area contributed by atoms with Gasteiger partial charge in [-0.05, 0) is 60.9 Å². The van der Waals surface area contributed by atoms with Gasteiger partial charge in [0.15, 0.2) is 5.78 Å². The molecule has 4 aromatic carbocycles. The summed E-state index contributed by atoms with van der Waals surface area (Å²) in [5.41, 5.74) is 4.36. The van der Waals surface area contributed by atoms with Crippen molar-refractivity contribution in [3.8, 4) is 5.75 Å². The molecule has 0 unspecified atom stereocenters. The van der Waals surface area contributed by atoms with Gasteiger partial charge in [-0.25, -0.2) is 4.79 Å². The molecule has 1 atom stereocenters. The third-order valence-electron chi connectivity index (χ3n) is 7.03. The highest BCUT2D eigenvalue weighted by Crippen LogP contribution is 2.23. The van der Waals surface area contributed by atoms with Gasteiger partial charge in [0.2, 0.25) is 5.91 Å². The van der Waals surface area contributed by atoms with E-state index in [1.54, 1.807) is 35.2 Å². The Labute approximate surface area is 252 Å². The molecule has 1 amide bonds. The molecule has 1 N–H and O–H groups in total. The van der Waals surface area contributed by atoms with Crippen LogP contribution in [0.3, 0.4) is 0 Å². The minimum absolute atomic E-state index is 0.135. The Hall–Kier alpha value is -5.17. The van der Waals surface area contributed by atoms with Gasteiger partial charge in [-0.1, -0.05) is 79.4 Å². The summed E-state index contributed by atoms with van der Waals surface area (Å²) in [7, 11) is 1.35. The van der Waals surface area contributed by atoms with Gasteiger partial charge in [0.25, 0.3) is 0 Å². The molecule has 0 aromatic heterocycles. The maximum atomic E-state index is 13.2. The van der Waals surface area contributed by atoms with E-state index in [1.807, 2.05) is 79.7 Å². The summed E-state index contributed by atoms with van der Waals surface area (Å²) < 4.78 is 11.0. The molecule has 0 saturated heterocycles. The normalized spacial score (nSPS) is 11.2. The zero-order chi connectivity index (χ0) is 30.6. The van der Waals surface area contributed by atoms with Crippen LogP contribution < -0.4 is 15.0 Å². The Morgan fingerprint density at radius 3 is 2.26 bits per heavy atom. The molecule has 4 aromatic rings. The maximum Gasteiger partial charge on any atom is 0.328 e. The lowest BCUT2D eigenvalue weighted by atomic mass is 10.00. The van der Waals surface area contributed by atoms with E-state index in [1.165, 1.54) is 13.2 Å². The van der Waals surface area contributed by atoms with Gasteiger partial charge in [-0.3, -0.25) is 9.59 Å². The van der Waals surface area contributed by atoms with Crippen LogP contribution in [0, 0.1) is 6.92 Å². The number of esters is 1. The van der Waals surface area contributed by atoms with Crippen molar-refractivity contribution in [2.75, 3.05) is 30.5 Å². The van der Waals surface area contributed by atoms with E-state index >= 15 is 0 Å². The predicted molar refractivity (Wildman–Crippen MR) is 170 cm³/mol. The van der Waals surface area contributed by atoms with Crippen molar-refractivity contribution >= 4 is 29.0 Å².